The molecule has 0 fully saturated rings. The van der Waals surface area contributed by atoms with Crippen molar-refractivity contribution in [2.75, 3.05) is 24.7 Å². The summed E-state index contributed by atoms with van der Waals surface area (Å²) in [6.07, 6.45) is 0. The highest BCUT2D eigenvalue weighted by Crippen LogP contribution is 2.31. The van der Waals surface area contributed by atoms with Crippen molar-refractivity contribution in [1.29, 1.82) is 0 Å². The van der Waals surface area contributed by atoms with Crippen molar-refractivity contribution in [1.82, 2.24) is 4.90 Å². The molecule has 1 heterocycles. The topological polar surface area (TPSA) is 35.9 Å². The van der Waals surface area contributed by atoms with E-state index >= 15 is 0 Å². The summed E-state index contributed by atoms with van der Waals surface area (Å²) in [6, 6.07) is 15.8. The molecule has 0 aromatic heterocycles. The molecule has 1 aliphatic rings. The first-order valence-electron chi connectivity index (χ1n) is 8.43. The van der Waals surface area contributed by atoms with Crippen LogP contribution in [0.5, 0.6) is 0 Å². The van der Waals surface area contributed by atoms with Gasteiger partial charge in [0, 0.05) is 5.56 Å². The number of aliphatic imine (C=N–C) groups is 1. The Bertz CT molecular complexity index is 778. The maximum atomic E-state index is 13.0. The van der Waals surface area contributed by atoms with Crippen molar-refractivity contribution >= 4 is 23.0 Å². The molecule has 0 atom stereocenters. The summed E-state index contributed by atoms with van der Waals surface area (Å²) in [6.45, 7) is 8.64. The van der Waals surface area contributed by atoms with Crippen molar-refractivity contribution in [2.24, 2.45) is 4.99 Å². The Hall–Kier alpha value is -2.46. The van der Waals surface area contributed by atoms with E-state index in [4.69, 9.17) is 4.99 Å². The first kappa shape index (κ1) is 16.4. The fourth-order valence-electron chi connectivity index (χ4n) is 2.94. The van der Waals surface area contributed by atoms with Gasteiger partial charge >= 0.3 is 0 Å². The number of amides is 1. The van der Waals surface area contributed by atoms with Gasteiger partial charge in [-0.1, -0.05) is 50.2 Å². The number of aryl methyl sites for hydroxylation is 1. The van der Waals surface area contributed by atoms with Crippen molar-refractivity contribution in [2.45, 2.75) is 20.8 Å². The number of fused-ring (bicyclic) bond motifs is 1. The van der Waals surface area contributed by atoms with E-state index in [9.17, 15) is 4.79 Å². The Balaban J connectivity index is 2.03. The maximum Gasteiger partial charge on any atom is 0.278 e. The van der Waals surface area contributed by atoms with Gasteiger partial charge in [-0.25, -0.2) is 4.99 Å². The Kier molecular flexibility index (Phi) is 4.76. The Morgan fingerprint density at radius 1 is 1.00 bits per heavy atom. The fraction of sp³-hybridized carbons (Fsp3) is 0.300. The highest BCUT2D eigenvalue weighted by atomic mass is 16.2. The second-order valence-corrected chi connectivity index (χ2v) is 5.94. The molecule has 0 bridgehead atoms. The Labute approximate surface area is 143 Å². The standard InChI is InChI=1S/C20H23N3O/c1-4-22(5-2)14-23-18-13-9-7-11-16(18)19(20(23)24)21-17-12-8-6-10-15(17)3/h6-13H,4-5,14H2,1-3H3. The van der Waals surface area contributed by atoms with E-state index in [2.05, 4.69) is 18.7 Å². The molecule has 0 unspecified atom stereocenters. The average molecular weight is 321 g/mol. The van der Waals surface area contributed by atoms with Crippen molar-refractivity contribution < 1.29 is 4.79 Å². The molecule has 24 heavy (non-hydrogen) atoms. The minimum atomic E-state index is -0.0219. The van der Waals surface area contributed by atoms with Crippen LogP contribution in [0, 0.1) is 6.92 Å². The van der Waals surface area contributed by atoms with Gasteiger partial charge in [0.15, 0.2) is 0 Å². The summed E-state index contributed by atoms with van der Waals surface area (Å²) in [5.74, 6) is -0.0219. The lowest BCUT2D eigenvalue weighted by Gasteiger charge is -2.25. The number of hydrogen-bond acceptors (Lipinski definition) is 3. The largest absolute Gasteiger partial charge is 0.293 e. The van der Waals surface area contributed by atoms with E-state index in [1.165, 1.54) is 0 Å². The number of benzene rings is 2. The van der Waals surface area contributed by atoms with E-state index in [0.717, 1.165) is 35.6 Å². The van der Waals surface area contributed by atoms with Crippen LogP contribution >= 0.6 is 0 Å². The van der Waals surface area contributed by atoms with Crippen LogP contribution in [0.4, 0.5) is 11.4 Å². The van der Waals surface area contributed by atoms with Gasteiger partial charge in [0.1, 0.15) is 5.71 Å². The van der Waals surface area contributed by atoms with Gasteiger partial charge < -0.3 is 0 Å². The Morgan fingerprint density at radius 2 is 1.67 bits per heavy atom. The van der Waals surface area contributed by atoms with Gasteiger partial charge in [0.2, 0.25) is 0 Å². The molecule has 124 valence electrons. The first-order valence-corrected chi connectivity index (χ1v) is 8.43. The molecule has 0 saturated carbocycles. The monoisotopic (exact) mass is 321 g/mol. The lowest BCUT2D eigenvalue weighted by molar-refractivity contribution is -0.112. The normalized spacial score (nSPS) is 15.4. The van der Waals surface area contributed by atoms with Crippen LogP contribution in [-0.2, 0) is 4.79 Å². The van der Waals surface area contributed by atoms with Crippen molar-refractivity contribution in [3.05, 3.63) is 59.7 Å². The minimum Gasteiger partial charge on any atom is -0.293 e. The number of rotatable bonds is 5. The summed E-state index contributed by atoms with van der Waals surface area (Å²) in [5, 5.41) is 0. The SMILES string of the molecule is CCN(CC)CN1C(=O)C(=Nc2ccccc2C)c2ccccc21. The van der Waals surface area contributed by atoms with Gasteiger partial charge in [-0.05, 0) is 37.7 Å². The van der Waals surface area contributed by atoms with E-state index < -0.39 is 0 Å². The third kappa shape index (κ3) is 2.97. The van der Waals surface area contributed by atoms with Gasteiger partial charge in [0.05, 0.1) is 18.0 Å². The molecular weight excluding hydrogens is 298 g/mol. The molecular formula is C20H23N3O. The lowest BCUT2D eigenvalue weighted by Crippen LogP contribution is -2.41. The van der Waals surface area contributed by atoms with Gasteiger partial charge in [-0.15, -0.1) is 0 Å². The zero-order valence-corrected chi connectivity index (χ0v) is 14.5. The predicted octanol–water partition coefficient (Wildman–Crippen LogP) is 3.76. The van der Waals surface area contributed by atoms with Crippen LogP contribution in [0.15, 0.2) is 53.5 Å². The number of para-hydroxylation sites is 2. The van der Waals surface area contributed by atoms with Crippen LogP contribution in [0.1, 0.15) is 25.0 Å². The lowest BCUT2D eigenvalue weighted by atomic mass is 10.1. The minimum absolute atomic E-state index is 0.0219. The van der Waals surface area contributed by atoms with E-state index in [-0.39, 0.29) is 5.91 Å². The quantitative estimate of drug-likeness (QED) is 0.840. The molecule has 2 aromatic rings. The van der Waals surface area contributed by atoms with E-state index in [1.54, 1.807) is 0 Å². The second-order valence-electron chi connectivity index (χ2n) is 5.94. The predicted molar refractivity (Wildman–Crippen MR) is 99.1 cm³/mol. The molecule has 4 nitrogen and oxygen atoms in total. The molecule has 0 aliphatic carbocycles. The summed E-state index contributed by atoms with van der Waals surface area (Å²) in [5.41, 5.74) is 4.31. The van der Waals surface area contributed by atoms with Crippen LogP contribution in [0.25, 0.3) is 0 Å². The zero-order chi connectivity index (χ0) is 17.1. The molecule has 4 heteroatoms. The highest BCUT2D eigenvalue weighted by Gasteiger charge is 2.34. The van der Waals surface area contributed by atoms with E-state index in [0.29, 0.717) is 12.4 Å². The highest BCUT2D eigenvalue weighted by molar-refractivity contribution is 6.54. The van der Waals surface area contributed by atoms with E-state index in [1.807, 2.05) is 60.4 Å². The molecule has 3 rings (SSSR count). The molecule has 1 amide bonds. The van der Waals surface area contributed by atoms with Gasteiger partial charge in [-0.3, -0.25) is 14.6 Å². The number of nitrogens with zero attached hydrogens (tertiary/aromatic N) is 3. The zero-order valence-electron chi connectivity index (χ0n) is 14.5. The molecule has 0 N–H and O–H groups in total. The molecule has 1 aliphatic heterocycles. The number of anilines is 1. The molecule has 0 saturated heterocycles. The summed E-state index contributed by atoms with van der Waals surface area (Å²) in [4.78, 5) is 21.8. The number of carbonyl (C=O) groups is 1. The summed E-state index contributed by atoms with van der Waals surface area (Å²) < 4.78 is 0. The summed E-state index contributed by atoms with van der Waals surface area (Å²) >= 11 is 0. The van der Waals surface area contributed by atoms with Crippen molar-refractivity contribution in [3.8, 4) is 0 Å². The second kappa shape index (κ2) is 6.97. The maximum absolute atomic E-state index is 13.0. The number of hydrogen-bond donors (Lipinski definition) is 0. The average Bonchev–Trinajstić information content (AvgIpc) is 2.87. The fourth-order valence-corrected chi connectivity index (χ4v) is 2.94. The van der Waals surface area contributed by atoms with Crippen LogP contribution in [0.2, 0.25) is 0 Å². The first-order chi connectivity index (χ1) is 11.7. The van der Waals surface area contributed by atoms with Crippen LogP contribution < -0.4 is 4.90 Å². The third-order valence-electron chi connectivity index (χ3n) is 4.48. The van der Waals surface area contributed by atoms with Crippen molar-refractivity contribution in [3.63, 3.8) is 0 Å². The molecule has 0 radical (unpaired) electrons. The van der Waals surface area contributed by atoms with Gasteiger partial charge in [-0.2, -0.15) is 0 Å². The van der Waals surface area contributed by atoms with Gasteiger partial charge in [0.25, 0.3) is 5.91 Å². The van der Waals surface area contributed by atoms with Crippen LogP contribution in [0.3, 0.4) is 0 Å². The third-order valence-corrected chi connectivity index (χ3v) is 4.48. The summed E-state index contributed by atoms with van der Waals surface area (Å²) in [7, 11) is 0. The number of carbonyl (C=O) groups excluding carboxylic acids is 1. The smallest absolute Gasteiger partial charge is 0.278 e. The molecule has 2 aromatic carbocycles. The Morgan fingerprint density at radius 3 is 2.38 bits per heavy atom. The van der Waals surface area contributed by atoms with Crippen LogP contribution in [-0.4, -0.2) is 36.3 Å². The molecule has 0 spiro atoms.